The summed E-state index contributed by atoms with van der Waals surface area (Å²) in [5, 5.41) is 7.36. The first-order chi connectivity index (χ1) is 21.0. The number of hydrogen-bond acceptors (Lipinski definition) is 6. The minimum atomic E-state index is -0.437. The van der Waals surface area contributed by atoms with Gasteiger partial charge in [-0.05, 0) is 94.5 Å². The van der Waals surface area contributed by atoms with Crippen LogP contribution >= 0.6 is 0 Å². The molecule has 0 atom stereocenters. The average molecular weight is 598 g/mol. The molecular weight excluding hydrogens is 561 g/mol. The first-order valence-corrected chi connectivity index (χ1v) is 14.6. The van der Waals surface area contributed by atoms with E-state index in [4.69, 9.17) is 4.74 Å². The quantitative estimate of drug-likeness (QED) is 0.265. The van der Waals surface area contributed by atoms with Crippen molar-refractivity contribution in [1.29, 1.82) is 0 Å². The summed E-state index contributed by atoms with van der Waals surface area (Å²) in [5.41, 5.74) is 4.12. The predicted molar refractivity (Wildman–Crippen MR) is 165 cm³/mol. The fraction of sp³-hybridized carbons (Fsp3) is 0.324. The maximum absolute atomic E-state index is 13.7. The van der Waals surface area contributed by atoms with Gasteiger partial charge in [-0.1, -0.05) is 12.1 Å². The number of pyridine rings is 1. The maximum Gasteiger partial charge on any atom is 0.337 e. The number of amides is 2. The summed E-state index contributed by atoms with van der Waals surface area (Å²) >= 11 is 0. The fourth-order valence-corrected chi connectivity index (χ4v) is 5.52. The highest BCUT2D eigenvalue weighted by Crippen LogP contribution is 2.31. The molecule has 9 nitrogen and oxygen atoms in total. The molecule has 2 aromatic carbocycles. The summed E-state index contributed by atoms with van der Waals surface area (Å²) in [4.78, 5) is 45.1. The number of hydrogen-bond donors (Lipinski definition) is 1. The van der Waals surface area contributed by atoms with Crippen LogP contribution in [0.4, 0.5) is 10.1 Å². The molecule has 0 bridgehead atoms. The number of likely N-dealkylation sites (tertiary alicyclic amines) is 1. The SMILES string of the molecule is COC(=O)c1ccc(C2CCN(C(=O)c3cc(NC(=O)c4cnn(C(C)(C)C)c4-c4ccc(F)cc4)cnc3C)CC2)cc1. The largest absolute Gasteiger partial charge is 0.465 e. The molecule has 44 heavy (non-hydrogen) atoms. The smallest absolute Gasteiger partial charge is 0.337 e. The van der Waals surface area contributed by atoms with E-state index in [0.717, 1.165) is 18.4 Å². The van der Waals surface area contributed by atoms with Gasteiger partial charge in [-0.2, -0.15) is 5.10 Å². The van der Waals surface area contributed by atoms with E-state index in [1.807, 2.05) is 37.8 Å². The molecule has 0 radical (unpaired) electrons. The van der Waals surface area contributed by atoms with E-state index in [2.05, 4.69) is 15.4 Å². The Kier molecular flexibility index (Phi) is 8.62. The van der Waals surface area contributed by atoms with Gasteiger partial charge in [0.15, 0.2) is 0 Å². The van der Waals surface area contributed by atoms with E-state index in [0.29, 0.717) is 52.4 Å². The number of aryl methyl sites for hydroxylation is 1. The van der Waals surface area contributed by atoms with Crippen LogP contribution in [0.15, 0.2) is 67.0 Å². The Morgan fingerprint density at radius 2 is 1.61 bits per heavy atom. The lowest BCUT2D eigenvalue weighted by Gasteiger charge is -2.32. The van der Waals surface area contributed by atoms with Gasteiger partial charge in [0.05, 0.1) is 58.8 Å². The van der Waals surface area contributed by atoms with E-state index in [9.17, 15) is 18.8 Å². The standard InChI is InChI=1S/C34H36FN5O4/c1-21-28(32(42)39-16-14-23(15-17-39)22-6-8-25(9-7-22)33(43)44-5)18-27(19-36-21)38-31(41)29-20-37-40(34(2,3)4)30(29)24-10-12-26(35)13-11-24/h6-13,18-20,23H,14-17H2,1-5H3,(H,38,41). The van der Waals surface area contributed by atoms with Crippen LogP contribution in [0.5, 0.6) is 0 Å². The molecule has 0 spiro atoms. The molecule has 1 fully saturated rings. The number of halogens is 1. The number of anilines is 1. The predicted octanol–water partition coefficient (Wildman–Crippen LogP) is 6.21. The molecule has 0 unspecified atom stereocenters. The molecule has 1 N–H and O–H groups in total. The number of esters is 1. The Morgan fingerprint density at radius 3 is 2.23 bits per heavy atom. The highest BCUT2D eigenvalue weighted by Gasteiger charge is 2.28. The second-order valence-electron chi connectivity index (χ2n) is 12.0. The van der Waals surface area contributed by atoms with Gasteiger partial charge in [0, 0.05) is 18.7 Å². The summed E-state index contributed by atoms with van der Waals surface area (Å²) < 4.78 is 20.2. The average Bonchev–Trinajstić information content (AvgIpc) is 3.48. The van der Waals surface area contributed by atoms with Gasteiger partial charge in [-0.25, -0.2) is 9.18 Å². The number of carbonyl (C=O) groups is 3. The van der Waals surface area contributed by atoms with Gasteiger partial charge in [0.1, 0.15) is 5.82 Å². The molecule has 1 aliphatic rings. The van der Waals surface area contributed by atoms with E-state index in [-0.39, 0.29) is 23.6 Å². The summed E-state index contributed by atoms with van der Waals surface area (Å²) in [6, 6.07) is 15.0. The molecular formula is C34H36FN5O4. The normalized spacial score (nSPS) is 13.9. The fourth-order valence-electron chi connectivity index (χ4n) is 5.52. The Balaban J connectivity index is 1.31. The van der Waals surface area contributed by atoms with Crippen LogP contribution in [0.2, 0.25) is 0 Å². The van der Waals surface area contributed by atoms with Crippen LogP contribution in [-0.4, -0.2) is 57.6 Å². The lowest BCUT2D eigenvalue weighted by Crippen LogP contribution is -2.38. The molecule has 2 aromatic heterocycles. The van der Waals surface area contributed by atoms with Crippen molar-refractivity contribution in [1.82, 2.24) is 19.7 Å². The molecule has 0 saturated carbocycles. The summed E-state index contributed by atoms with van der Waals surface area (Å²) in [6.07, 6.45) is 4.60. The molecule has 1 aliphatic heterocycles. The number of nitrogens with zero attached hydrogens (tertiary/aromatic N) is 4. The molecule has 5 rings (SSSR count). The number of piperidine rings is 1. The van der Waals surface area contributed by atoms with Gasteiger partial charge >= 0.3 is 5.97 Å². The zero-order valence-electron chi connectivity index (χ0n) is 25.6. The van der Waals surface area contributed by atoms with Gasteiger partial charge in [0.2, 0.25) is 0 Å². The highest BCUT2D eigenvalue weighted by atomic mass is 19.1. The zero-order valence-corrected chi connectivity index (χ0v) is 25.6. The number of nitrogens with one attached hydrogen (secondary N) is 1. The van der Waals surface area contributed by atoms with Crippen LogP contribution in [0.3, 0.4) is 0 Å². The molecule has 3 heterocycles. The van der Waals surface area contributed by atoms with Crippen molar-refractivity contribution in [2.75, 3.05) is 25.5 Å². The number of methoxy groups -OCH3 is 1. The molecule has 4 aromatic rings. The van der Waals surface area contributed by atoms with Crippen molar-refractivity contribution in [2.24, 2.45) is 0 Å². The van der Waals surface area contributed by atoms with Crippen molar-refractivity contribution in [3.63, 3.8) is 0 Å². The topological polar surface area (TPSA) is 106 Å². The minimum absolute atomic E-state index is 0.141. The third-order valence-electron chi connectivity index (χ3n) is 7.93. The Hall–Kier alpha value is -4.86. The lowest BCUT2D eigenvalue weighted by molar-refractivity contribution is 0.0599. The Labute approximate surface area is 256 Å². The van der Waals surface area contributed by atoms with Crippen LogP contribution in [0.1, 0.15) is 81.9 Å². The number of rotatable bonds is 6. The maximum atomic E-state index is 13.7. The van der Waals surface area contributed by atoms with Gasteiger partial charge in [-0.3, -0.25) is 19.3 Å². The van der Waals surface area contributed by atoms with Crippen LogP contribution in [0, 0.1) is 12.7 Å². The highest BCUT2D eigenvalue weighted by molar-refractivity contribution is 6.08. The van der Waals surface area contributed by atoms with Gasteiger partial charge in [-0.15, -0.1) is 0 Å². The molecule has 10 heteroatoms. The summed E-state index contributed by atoms with van der Waals surface area (Å²) in [7, 11) is 1.36. The van der Waals surface area contributed by atoms with E-state index in [1.165, 1.54) is 31.6 Å². The third-order valence-corrected chi connectivity index (χ3v) is 7.93. The molecule has 228 valence electrons. The number of benzene rings is 2. The minimum Gasteiger partial charge on any atom is -0.465 e. The molecule has 1 saturated heterocycles. The van der Waals surface area contributed by atoms with Crippen molar-refractivity contribution in [3.8, 4) is 11.3 Å². The van der Waals surface area contributed by atoms with E-state index < -0.39 is 11.4 Å². The van der Waals surface area contributed by atoms with Gasteiger partial charge < -0.3 is 15.0 Å². The second-order valence-corrected chi connectivity index (χ2v) is 12.0. The number of ether oxygens (including phenoxy) is 1. The van der Waals surface area contributed by atoms with Crippen LogP contribution in [-0.2, 0) is 10.3 Å². The Bertz CT molecular complexity index is 1680. The van der Waals surface area contributed by atoms with Crippen molar-refractivity contribution < 1.29 is 23.5 Å². The number of aromatic nitrogens is 3. The summed E-state index contributed by atoms with van der Waals surface area (Å²) in [6.45, 7) is 8.84. The second kappa shape index (κ2) is 12.4. The summed E-state index contributed by atoms with van der Waals surface area (Å²) in [5.74, 6) is -1.02. The number of carbonyl (C=O) groups excluding carboxylic acids is 3. The lowest BCUT2D eigenvalue weighted by atomic mass is 9.88. The van der Waals surface area contributed by atoms with Crippen molar-refractivity contribution in [2.45, 2.75) is 52.0 Å². The Morgan fingerprint density at radius 1 is 0.955 bits per heavy atom. The third kappa shape index (κ3) is 6.39. The van der Waals surface area contributed by atoms with E-state index >= 15 is 0 Å². The first kappa shape index (κ1) is 30.6. The van der Waals surface area contributed by atoms with Crippen LogP contribution in [0.25, 0.3) is 11.3 Å². The first-order valence-electron chi connectivity index (χ1n) is 14.6. The zero-order chi connectivity index (χ0) is 31.6. The van der Waals surface area contributed by atoms with Crippen LogP contribution < -0.4 is 5.32 Å². The monoisotopic (exact) mass is 597 g/mol. The van der Waals surface area contributed by atoms with Crippen molar-refractivity contribution >= 4 is 23.5 Å². The van der Waals surface area contributed by atoms with Gasteiger partial charge in [0.25, 0.3) is 11.8 Å². The van der Waals surface area contributed by atoms with Crippen molar-refractivity contribution in [3.05, 3.63) is 101 Å². The van der Waals surface area contributed by atoms with E-state index in [1.54, 1.807) is 41.9 Å². The molecule has 0 aliphatic carbocycles. The molecule has 2 amide bonds.